The highest BCUT2D eigenvalue weighted by Crippen LogP contribution is 2.31. The number of rotatable bonds is 4. The molecule has 2 unspecified atom stereocenters. The molecule has 1 aliphatic rings. The second kappa shape index (κ2) is 7.08. The molecule has 0 saturated heterocycles. The summed E-state index contributed by atoms with van der Waals surface area (Å²) in [7, 11) is 0. The fourth-order valence-corrected chi connectivity index (χ4v) is 3.77. The van der Waals surface area contributed by atoms with Crippen molar-refractivity contribution in [3.8, 4) is 0 Å². The number of carbonyl (C=O) groups is 1. The monoisotopic (exact) mass is 322 g/mol. The molecule has 0 spiro atoms. The van der Waals surface area contributed by atoms with Gasteiger partial charge in [0, 0.05) is 12.1 Å². The summed E-state index contributed by atoms with van der Waals surface area (Å²) in [5.74, 6) is 0.348. The first-order chi connectivity index (χ1) is 11.5. The number of carbonyl (C=O) groups excluding carboxylic acids is 1. The molecule has 2 aromatic rings. The molecule has 3 nitrogen and oxygen atoms in total. The van der Waals surface area contributed by atoms with Gasteiger partial charge < -0.3 is 11.1 Å². The van der Waals surface area contributed by atoms with Crippen molar-refractivity contribution in [2.45, 2.75) is 51.5 Å². The van der Waals surface area contributed by atoms with Gasteiger partial charge in [-0.05, 0) is 66.5 Å². The van der Waals surface area contributed by atoms with Crippen LogP contribution in [0.3, 0.4) is 0 Å². The van der Waals surface area contributed by atoms with E-state index in [1.165, 1.54) is 22.3 Å². The molecule has 3 heteroatoms. The predicted octanol–water partition coefficient (Wildman–Crippen LogP) is 4.26. The minimum absolute atomic E-state index is 0.117. The Hall–Kier alpha value is -2.29. The van der Waals surface area contributed by atoms with Crippen molar-refractivity contribution in [1.29, 1.82) is 0 Å². The lowest BCUT2D eigenvalue weighted by Crippen LogP contribution is -2.31. The van der Waals surface area contributed by atoms with E-state index in [2.05, 4.69) is 37.4 Å². The molecule has 3 N–H and O–H groups in total. The van der Waals surface area contributed by atoms with Crippen LogP contribution in [0.4, 0.5) is 5.69 Å². The number of hydrogen-bond donors (Lipinski definition) is 2. The second-order valence-electron chi connectivity index (χ2n) is 6.93. The molecule has 24 heavy (non-hydrogen) atoms. The fourth-order valence-electron chi connectivity index (χ4n) is 3.77. The molecule has 0 aromatic heterocycles. The summed E-state index contributed by atoms with van der Waals surface area (Å²) in [6.45, 7) is 4.23. The summed E-state index contributed by atoms with van der Waals surface area (Å²) in [6, 6.07) is 14.5. The van der Waals surface area contributed by atoms with E-state index in [-0.39, 0.29) is 17.9 Å². The van der Waals surface area contributed by atoms with Gasteiger partial charge in [-0.1, -0.05) is 37.3 Å². The van der Waals surface area contributed by atoms with Crippen LogP contribution in [0.25, 0.3) is 0 Å². The van der Waals surface area contributed by atoms with E-state index >= 15 is 0 Å². The largest absolute Gasteiger partial charge is 0.399 e. The van der Waals surface area contributed by atoms with Crippen LogP contribution in [-0.2, 0) is 11.2 Å². The zero-order valence-electron chi connectivity index (χ0n) is 14.5. The van der Waals surface area contributed by atoms with E-state index in [0.717, 1.165) is 24.9 Å². The molecule has 0 saturated carbocycles. The Balaban J connectivity index is 1.67. The SMILES string of the molecule is Cc1ccccc1C(C)CC(=O)NC1CCCc2cc(N)ccc21. The number of nitrogens with two attached hydrogens (primary N) is 1. The summed E-state index contributed by atoms with van der Waals surface area (Å²) >= 11 is 0. The van der Waals surface area contributed by atoms with Crippen LogP contribution in [-0.4, -0.2) is 5.91 Å². The quantitative estimate of drug-likeness (QED) is 0.826. The molecule has 0 heterocycles. The van der Waals surface area contributed by atoms with E-state index in [4.69, 9.17) is 5.73 Å². The molecular formula is C21H26N2O. The highest BCUT2D eigenvalue weighted by atomic mass is 16.1. The van der Waals surface area contributed by atoms with Crippen LogP contribution in [0.15, 0.2) is 42.5 Å². The highest BCUT2D eigenvalue weighted by molar-refractivity contribution is 5.77. The standard InChI is InChI=1S/C21H26N2O/c1-14-6-3-4-8-18(14)15(2)12-21(24)23-20-9-5-7-16-13-17(22)10-11-19(16)20/h3-4,6,8,10-11,13,15,20H,5,7,9,12,22H2,1-2H3,(H,23,24). The average Bonchev–Trinajstić information content (AvgIpc) is 2.55. The fraction of sp³-hybridized carbons (Fsp3) is 0.381. The summed E-state index contributed by atoms with van der Waals surface area (Å²) in [5, 5.41) is 3.23. The summed E-state index contributed by atoms with van der Waals surface area (Å²) in [5.41, 5.74) is 11.7. The van der Waals surface area contributed by atoms with Crippen LogP contribution in [0.5, 0.6) is 0 Å². The minimum Gasteiger partial charge on any atom is -0.399 e. The van der Waals surface area contributed by atoms with Gasteiger partial charge in [-0.2, -0.15) is 0 Å². The zero-order valence-corrected chi connectivity index (χ0v) is 14.5. The van der Waals surface area contributed by atoms with Crippen LogP contribution >= 0.6 is 0 Å². The molecule has 3 rings (SSSR count). The van der Waals surface area contributed by atoms with Gasteiger partial charge in [-0.3, -0.25) is 4.79 Å². The van der Waals surface area contributed by atoms with Gasteiger partial charge >= 0.3 is 0 Å². The second-order valence-corrected chi connectivity index (χ2v) is 6.93. The van der Waals surface area contributed by atoms with Gasteiger partial charge in [0.15, 0.2) is 0 Å². The lowest BCUT2D eigenvalue weighted by molar-refractivity contribution is -0.122. The molecule has 0 radical (unpaired) electrons. The number of anilines is 1. The van der Waals surface area contributed by atoms with Crippen LogP contribution < -0.4 is 11.1 Å². The lowest BCUT2D eigenvalue weighted by atomic mass is 9.87. The Kier molecular flexibility index (Phi) is 4.89. The van der Waals surface area contributed by atoms with Gasteiger partial charge in [0.05, 0.1) is 6.04 Å². The summed E-state index contributed by atoms with van der Waals surface area (Å²) < 4.78 is 0. The Morgan fingerprint density at radius 3 is 2.88 bits per heavy atom. The Labute approximate surface area is 144 Å². The van der Waals surface area contributed by atoms with Gasteiger partial charge in [-0.25, -0.2) is 0 Å². The average molecular weight is 322 g/mol. The number of nitrogen functional groups attached to an aromatic ring is 1. The van der Waals surface area contributed by atoms with Crippen molar-refractivity contribution in [1.82, 2.24) is 5.32 Å². The first-order valence-corrected chi connectivity index (χ1v) is 8.78. The Bertz CT molecular complexity index is 738. The number of fused-ring (bicyclic) bond motifs is 1. The summed E-state index contributed by atoms with van der Waals surface area (Å²) in [6.07, 6.45) is 3.66. The lowest BCUT2D eigenvalue weighted by Gasteiger charge is -2.27. The number of aryl methyl sites for hydroxylation is 2. The maximum atomic E-state index is 12.5. The molecule has 2 atom stereocenters. The van der Waals surface area contributed by atoms with Crippen molar-refractivity contribution in [2.75, 3.05) is 5.73 Å². The molecule has 126 valence electrons. The van der Waals surface area contributed by atoms with Crippen LogP contribution in [0, 0.1) is 6.92 Å². The number of amides is 1. The van der Waals surface area contributed by atoms with Gasteiger partial charge in [0.1, 0.15) is 0 Å². The van der Waals surface area contributed by atoms with Crippen LogP contribution in [0.2, 0.25) is 0 Å². The van der Waals surface area contributed by atoms with Gasteiger partial charge in [0.25, 0.3) is 0 Å². The normalized spacial score (nSPS) is 17.8. The first-order valence-electron chi connectivity index (χ1n) is 8.78. The third-order valence-corrected chi connectivity index (χ3v) is 5.03. The number of benzene rings is 2. The molecule has 0 bridgehead atoms. The van der Waals surface area contributed by atoms with Crippen molar-refractivity contribution in [2.24, 2.45) is 0 Å². The Morgan fingerprint density at radius 2 is 2.08 bits per heavy atom. The van der Waals surface area contributed by atoms with E-state index in [1.54, 1.807) is 0 Å². The molecule has 0 fully saturated rings. The van der Waals surface area contributed by atoms with E-state index in [9.17, 15) is 4.79 Å². The third kappa shape index (κ3) is 3.61. The maximum Gasteiger partial charge on any atom is 0.221 e. The summed E-state index contributed by atoms with van der Waals surface area (Å²) in [4.78, 5) is 12.5. The first kappa shape index (κ1) is 16.6. The molecule has 0 aliphatic heterocycles. The third-order valence-electron chi connectivity index (χ3n) is 5.03. The van der Waals surface area contributed by atoms with E-state index in [0.29, 0.717) is 6.42 Å². The predicted molar refractivity (Wildman–Crippen MR) is 98.9 cm³/mol. The minimum atomic E-state index is 0.117. The van der Waals surface area contributed by atoms with E-state index < -0.39 is 0 Å². The number of hydrogen-bond acceptors (Lipinski definition) is 2. The number of nitrogens with one attached hydrogen (secondary N) is 1. The Morgan fingerprint density at radius 1 is 1.29 bits per heavy atom. The van der Waals surface area contributed by atoms with Gasteiger partial charge in [-0.15, -0.1) is 0 Å². The molecule has 1 amide bonds. The zero-order chi connectivity index (χ0) is 17.1. The highest BCUT2D eigenvalue weighted by Gasteiger charge is 2.23. The van der Waals surface area contributed by atoms with Crippen molar-refractivity contribution < 1.29 is 4.79 Å². The smallest absolute Gasteiger partial charge is 0.221 e. The molecular weight excluding hydrogens is 296 g/mol. The maximum absolute atomic E-state index is 12.5. The molecule has 1 aliphatic carbocycles. The van der Waals surface area contributed by atoms with Gasteiger partial charge in [0.2, 0.25) is 5.91 Å². The van der Waals surface area contributed by atoms with E-state index in [1.807, 2.05) is 24.3 Å². The van der Waals surface area contributed by atoms with Crippen LogP contribution in [0.1, 0.15) is 60.4 Å². The topological polar surface area (TPSA) is 55.1 Å². The van der Waals surface area contributed by atoms with Crippen molar-refractivity contribution in [3.63, 3.8) is 0 Å². The van der Waals surface area contributed by atoms with Crippen molar-refractivity contribution in [3.05, 3.63) is 64.7 Å². The molecule has 2 aromatic carbocycles. The van der Waals surface area contributed by atoms with Crippen molar-refractivity contribution >= 4 is 11.6 Å².